The summed E-state index contributed by atoms with van der Waals surface area (Å²) in [6.07, 6.45) is 5.40. The first-order valence-corrected chi connectivity index (χ1v) is 5.28. The molecule has 0 fully saturated rings. The number of aromatic nitrogens is 5. The number of pyridine rings is 1. The van der Waals surface area contributed by atoms with E-state index in [1.54, 1.807) is 12.4 Å². The van der Waals surface area contributed by atoms with Gasteiger partial charge in [0.25, 0.3) is 0 Å². The summed E-state index contributed by atoms with van der Waals surface area (Å²) in [5, 5.41) is 0. The first-order chi connectivity index (χ1) is 8.25. The maximum atomic E-state index is 5.89. The third kappa shape index (κ3) is 1.54. The van der Waals surface area contributed by atoms with Crippen LogP contribution in [-0.2, 0) is 13.6 Å². The Labute approximate surface area is 97.7 Å². The summed E-state index contributed by atoms with van der Waals surface area (Å²) >= 11 is 0. The van der Waals surface area contributed by atoms with E-state index in [-0.39, 0.29) is 0 Å². The Bertz CT molecular complexity index is 665. The smallest absolute Gasteiger partial charge is 0.202 e. The van der Waals surface area contributed by atoms with Crippen molar-refractivity contribution in [1.29, 1.82) is 0 Å². The number of anilines is 1. The topological polar surface area (TPSA) is 74.5 Å². The quantitative estimate of drug-likeness (QED) is 0.703. The molecule has 0 saturated heterocycles. The summed E-state index contributed by atoms with van der Waals surface area (Å²) in [5.41, 5.74) is 7.48. The summed E-state index contributed by atoms with van der Waals surface area (Å²) in [6.45, 7) is 0.572. The van der Waals surface area contributed by atoms with Crippen LogP contribution >= 0.6 is 0 Å². The molecule has 0 spiro atoms. The van der Waals surface area contributed by atoms with Gasteiger partial charge in [0, 0.05) is 25.6 Å². The molecule has 0 radical (unpaired) electrons. The van der Waals surface area contributed by atoms with Gasteiger partial charge >= 0.3 is 0 Å². The van der Waals surface area contributed by atoms with Gasteiger partial charge in [0.15, 0.2) is 5.65 Å². The molecule has 3 rings (SSSR count). The molecule has 0 unspecified atom stereocenters. The average molecular weight is 228 g/mol. The highest BCUT2D eigenvalue weighted by atomic mass is 15.2. The van der Waals surface area contributed by atoms with Gasteiger partial charge in [-0.3, -0.25) is 4.57 Å². The normalized spacial score (nSPS) is 11.1. The van der Waals surface area contributed by atoms with E-state index >= 15 is 0 Å². The molecule has 2 N–H and O–H groups in total. The number of nitrogen functional groups attached to an aromatic ring is 1. The van der Waals surface area contributed by atoms with Gasteiger partial charge in [-0.05, 0) is 12.1 Å². The van der Waals surface area contributed by atoms with E-state index < -0.39 is 0 Å². The van der Waals surface area contributed by atoms with Crippen molar-refractivity contribution in [3.63, 3.8) is 0 Å². The maximum absolute atomic E-state index is 5.89. The number of nitrogens with two attached hydrogens (primary N) is 1. The van der Waals surface area contributed by atoms with E-state index in [1.807, 2.05) is 34.5 Å². The van der Waals surface area contributed by atoms with E-state index in [0.717, 1.165) is 17.0 Å². The zero-order valence-corrected chi connectivity index (χ0v) is 9.41. The zero-order valence-electron chi connectivity index (χ0n) is 9.41. The SMILES string of the molecule is Cn1ccnc1Cn1c(N)nc2cccnc21. The molecule has 6 nitrogen and oxygen atoms in total. The van der Waals surface area contributed by atoms with Crippen molar-refractivity contribution >= 4 is 17.1 Å². The molecular formula is C11H12N6. The predicted molar refractivity (Wildman–Crippen MR) is 64.3 cm³/mol. The third-order valence-electron chi connectivity index (χ3n) is 2.75. The minimum absolute atomic E-state index is 0.460. The lowest BCUT2D eigenvalue weighted by Gasteiger charge is -2.05. The molecule has 0 bridgehead atoms. The van der Waals surface area contributed by atoms with Crippen LogP contribution in [0.2, 0.25) is 0 Å². The van der Waals surface area contributed by atoms with Crippen LogP contribution in [0.25, 0.3) is 11.2 Å². The molecule has 86 valence electrons. The summed E-state index contributed by atoms with van der Waals surface area (Å²) in [7, 11) is 1.95. The second-order valence-electron chi connectivity index (χ2n) is 3.86. The Morgan fingerprint density at radius 2 is 2.18 bits per heavy atom. The van der Waals surface area contributed by atoms with Crippen molar-refractivity contribution in [2.45, 2.75) is 6.54 Å². The van der Waals surface area contributed by atoms with Crippen LogP contribution in [0, 0.1) is 0 Å². The molecule has 0 aromatic carbocycles. The first kappa shape index (κ1) is 9.83. The molecule has 0 amide bonds. The summed E-state index contributed by atoms with van der Waals surface area (Å²) in [4.78, 5) is 12.8. The van der Waals surface area contributed by atoms with Crippen LogP contribution in [0.4, 0.5) is 5.95 Å². The van der Waals surface area contributed by atoms with Gasteiger partial charge in [-0.25, -0.2) is 15.0 Å². The highest BCUT2D eigenvalue weighted by molar-refractivity contribution is 5.73. The van der Waals surface area contributed by atoms with Crippen molar-refractivity contribution in [2.75, 3.05) is 5.73 Å². The molecule has 3 aromatic rings. The molecule has 0 aliphatic rings. The lowest BCUT2D eigenvalue weighted by Crippen LogP contribution is -2.09. The second-order valence-corrected chi connectivity index (χ2v) is 3.86. The summed E-state index contributed by atoms with van der Waals surface area (Å²) in [6, 6.07) is 3.74. The number of nitrogens with zero attached hydrogens (tertiary/aromatic N) is 5. The van der Waals surface area contributed by atoms with Crippen LogP contribution in [0.5, 0.6) is 0 Å². The number of rotatable bonds is 2. The van der Waals surface area contributed by atoms with Gasteiger partial charge in [-0.15, -0.1) is 0 Å². The monoisotopic (exact) mass is 228 g/mol. The standard InChI is InChI=1S/C11H12N6/c1-16-6-5-13-9(16)7-17-10-8(15-11(17)12)3-2-4-14-10/h2-6H,7H2,1H3,(H2,12,15). The average Bonchev–Trinajstić information content (AvgIpc) is 2.85. The number of imidazole rings is 2. The van der Waals surface area contributed by atoms with Crippen LogP contribution in [-0.4, -0.2) is 24.1 Å². The molecule has 0 saturated carbocycles. The van der Waals surface area contributed by atoms with Crippen LogP contribution < -0.4 is 5.73 Å². The van der Waals surface area contributed by atoms with Crippen molar-refractivity contribution in [2.24, 2.45) is 7.05 Å². The van der Waals surface area contributed by atoms with Gasteiger partial charge < -0.3 is 10.3 Å². The fourth-order valence-corrected chi connectivity index (χ4v) is 1.82. The van der Waals surface area contributed by atoms with Crippen LogP contribution in [0.1, 0.15) is 5.82 Å². The summed E-state index contributed by atoms with van der Waals surface area (Å²) < 4.78 is 3.81. The van der Waals surface area contributed by atoms with Crippen molar-refractivity contribution in [1.82, 2.24) is 24.1 Å². The fraction of sp³-hybridized carbons (Fsp3) is 0.182. The van der Waals surface area contributed by atoms with Crippen molar-refractivity contribution < 1.29 is 0 Å². The minimum atomic E-state index is 0.460. The van der Waals surface area contributed by atoms with E-state index in [2.05, 4.69) is 15.0 Å². The Morgan fingerprint density at radius 3 is 2.94 bits per heavy atom. The zero-order chi connectivity index (χ0) is 11.8. The van der Waals surface area contributed by atoms with E-state index in [9.17, 15) is 0 Å². The summed E-state index contributed by atoms with van der Waals surface area (Å²) in [5.74, 6) is 1.38. The van der Waals surface area contributed by atoms with Crippen molar-refractivity contribution in [3.8, 4) is 0 Å². The molecule has 0 aliphatic carbocycles. The number of hydrogen-bond donors (Lipinski definition) is 1. The number of aryl methyl sites for hydroxylation is 1. The predicted octanol–water partition coefficient (Wildman–Crippen LogP) is 0.795. The lowest BCUT2D eigenvalue weighted by atomic mass is 10.4. The second kappa shape index (κ2) is 3.58. The van der Waals surface area contributed by atoms with Gasteiger partial charge in [-0.1, -0.05) is 0 Å². The van der Waals surface area contributed by atoms with E-state index in [4.69, 9.17) is 5.73 Å². The molecule has 17 heavy (non-hydrogen) atoms. The maximum Gasteiger partial charge on any atom is 0.202 e. The van der Waals surface area contributed by atoms with Crippen LogP contribution in [0.3, 0.4) is 0 Å². The molecule has 0 aliphatic heterocycles. The van der Waals surface area contributed by atoms with E-state index in [0.29, 0.717) is 12.5 Å². The molecule has 3 aromatic heterocycles. The van der Waals surface area contributed by atoms with Gasteiger partial charge in [0.05, 0.1) is 6.54 Å². The van der Waals surface area contributed by atoms with Gasteiger partial charge in [0.2, 0.25) is 5.95 Å². The number of fused-ring (bicyclic) bond motifs is 1. The van der Waals surface area contributed by atoms with Crippen LogP contribution in [0.15, 0.2) is 30.7 Å². The third-order valence-corrected chi connectivity index (χ3v) is 2.75. The molecule has 3 heterocycles. The van der Waals surface area contributed by atoms with Gasteiger partial charge in [0.1, 0.15) is 11.3 Å². The molecular weight excluding hydrogens is 216 g/mol. The highest BCUT2D eigenvalue weighted by Crippen LogP contribution is 2.16. The largest absolute Gasteiger partial charge is 0.369 e. The minimum Gasteiger partial charge on any atom is -0.369 e. The molecule has 0 atom stereocenters. The Kier molecular flexibility index (Phi) is 2.07. The highest BCUT2D eigenvalue weighted by Gasteiger charge is 2.10. The fourth-order valence-electron chi connectivity index (χ4n) is 1.82. The number of hydrogen-bond acceptors (Lipinski definition) is 4. The molecule has 6 heteroatoms. The van der Waals surface area contributed by atoms with E-state index in [1.165, 1.54) is 0 Å². The Balaban J connectivity index is 2.11. The lowest BCUT2D eigenvalue weighted by molar-refractivity contribution is 0.716. The Hall–Kier alpha value is -2.37. The Morgan fingerprint density at radius 1 is 1.29 bits per heavy atom. The first-order valence-electron chi connectivity index (χ1n) is 5.28. The van der Waals surface area contributed by atoms with Crippen molar-refractivity contribution in [3.05, 3.63) is 36.5 Å². The van der Waals surface area contributed by atoms with Gasteiger partial charge in [-0.2, -0.15) is 0 Å².